The van der Waals surface area contributed by atoms with E-state index in [-0.39, 0.29) is 31.0 Å². The summed E-state index contributed by atoms with van der Waals surface area (Å²) in [6.07, 6.45) is 2.48. The quantitative estimate of drug-likeness (QED) is 0.369. The smallest absolute Gasteiger partial charge is 0.408 e. The summed E-state index contributed by atoms with van der Waals surface area (Å²) in [6, 6.07) is 5.64. The molecular weight excluding hydrogens is 458 g/mol. The van der Waals surface area contributed by atoms with Crippen LogP contribution >= 0.6 is 0 Å². The van der Waals surface area contributed by atoms with Gasteiger partial charge in [0.2, 0.25) is 11.8 Å². The Balaban J connectivity index is 3.46. The normalized spacial score (nSPS) is 14.8. The highest BCUT2D eigenvalue weighted by molar-refractivity contribution is 5.92. The molecule has 3 N–H and O–H groups in total. The van der Waals surface area contributed by atoms with E-state index in [1.807, 2.05) is 58.9 Å². The predicted molar refractivity (Wildman–Crippen MR) is 142 cm³/mol. The number of hydrogen-bond donors (Lipinski definition) is 3. The zero-order valence-corrected chi connectivity index (χ0v) is 23.4. The Bertz CT molecular complexity index is 835. The van der Waals surface area contributed by atoms with Crippen LogP contribution in [0.4, 0.5) is 4.79 Å². The molecule has 0 aliphatic rings. The molecule has 36 heavy (non-hydrogen) atoms. The highest BCUT2D eigenvalue weighted by atomic mass is 16.6. The molecule has 0 spiro atoms. The van der Waals surface area contributed by atoms with Crippen LogP contribution in [-0.4, -0.2) is 58.8 Å². The molecule has 1 aromatic carbocycles. The molecule has 204 valence electrons. The molecule has 4 atom stereocenters. The van der Waals surface area contributed by atoms with Crippen molar-refractivity contribution in [3.8, 4) is 0 Å². The maximum atomic E-state index is 14.0. The van der Waals surface area contributed by atoms with Gasteiger partial charge in [0.25, 0.3) is 0 Å². The Kier molecular flexibility index (Phi) is 12.9. The van der Waals surface area contributed by atoms with Gasteiger partial charge in [-0.3, -0.25) is 9.59 Å². The second-order valence-corrected chi connectivity index (χ2v) is 10.5. The third-order valence-electron chi connectivity index (χ3n) is 6.15. The molecule has 3 amide bonds. The average Bonchev–Trinajstić information content (AvgIpc) is 2.80. The number of aliphatic hydroxyl groups is 1. The van der Waals surface area contributed by atoms with Crippen LogP contribution < -0.4 is 10.6 Å². The molecule has 0 bridgehead atoms. The molecule has 4 unspecified atom stereocenters. The summed E-state index contributed by atoms with van der Waals surface area (Å²) >= 11 is 0. The summed E-state index contributed by atoms with van der Waals surface area (Å²) in [4.78, 5) is 41.5. The second-order valence-electron chi connectivity index (χ2n) is 10.5. The van der Waals surface area contributed by atoms with Gasteiger partial charge in [0.15, 0.2) is 0 Å². The van der Waals surface area contributed by atoms with Crippen LogP contribution in [0.2, 0.25) is 0 Å². The van der Waals surface area contributed by atoms with Crippen LogP contribution in [0.5, 0.6) is 0 Å². The van der Waals surface area contributed by atoms with E-state index in [0.717, 1.165) is 24.8 Å². The fourth-order valence-corrected chi connectivity index (χ4v) is 4.01. The first-order valence-electron chi connectivity index (χ1n) is 13.2. The van der Waals surface area contributed by atoms with E-state index in [0.29, 0.717) is 12.0 Å². The highest BCUT2D eigenvalue weighted by Gasteiger charge is 2.38. The Morgan fingerprint density at radius 2 is 1.64 bits per heavy atom. The largest absolute Gasteiger partial charge is 0.444 e. The summed E-state index contributed by atoms with van der Waals surface area (Å²) in [6.45, 7) is 14.7. The molecule has 0 heterocycles. The molecule has 8 heteroatoms. The molecule has 0 aliphatic heterocycles. The van der Waals surface area contributed by atoms with E-state index in [1.165, 1.54) is 4.90 Å². The number of nitrogens with one attached hydrogen (secondary N) is 2. The molecular formula is C28H47N3O5. The van der Waals surface area contributed by atoms with Gasteiger partial charge in [0.05, 0.1) is 6.61 Å². The minimum atomic E-state index is -0.957. The van der Waals surface area contributed by atoms with Gasteiger partial charge in [-0.25, -0.2) is 4.79 Å². The van der Waals surface area contributed by atoms with Crippen molar-refractivity contribution in [3.05, 3.63) is 35.4 Å². The number of amides is 3. The number of nitrogens with zero attached hydrogens (tertiary/aromatic N) is 1. The summed E-state index contributed by atoms with van der Waals surface area (Å²) < 4.78 is 5.40. The van der Waals surface area contributed by atoms with Crippen LogP contribution in [0.1, 0.15) is 91.8 Å². The Hall–Kier alpha value is -2.61. The zero-order chi connectivity index (χ0) is 27.5. The summed E-state index contributed by atoms with van der Waals surface area (Å²) in [5.74, 6) is -0.981. The van der Waals surface area contributed by atoms with E-state index < -0.39 is 29.7 Å². The lowest BCUT2D eigenvalue weighted by Crippen LogP contribution is -2.56. The Morgan fingerprint density at radius 1 is 1.03 bits per heavy atom. The fourth-order valence-electron chi connectivity index (χ4n) is 4.01. The molecule has 8 nitrogen and oxygen atoms in total. The van der Waals surface area contributed by atoms with Crippen LogP contribution in [0, 0.1) is 5.92 Å². The van der Waals surface area contributed by atoms with Crippen LogP contribution in [0.15, 0.2) is 24.3 Å². The Labute approximate surface area is 217 Å². The van der Waals surface area contributed by atoms with E-state index in [1.54, 1.807) is 20.8 Å². The first kappa shape index (κ1) is 31.4. The minimum absolute atomic E-state index is 0.0580. The van der Waals surface area contributed by atoms with E-state index in [9.17, 15) is 19.5 Å². The monoisotopic (exact) mass is 505 g/mol. The average molecular weight is 506 g/mol. The summed E-state index contributed by atoms with van der Waals surface area (Å²) in [7, 11) is 0. The topological polar surface area (TPSA) is 108 Å². The van der Waals surface area contributed by atoms with Gasteiger partial charge in [0, 0.05) is 12.6 Å². The first-order valence-corrected chi connectivity index (χ1v) is 13.2. The lowest BCUT2D eigenvalue weighted by Gasteiger charge is -2.36. The third-order valence-corrected chi connectivity index (χ3v) is 6.15. The highest BCUT2D eigenvalue weighted by Crippen LogP contribution is 2.25. The lowest BCUT2D eigenvalue weighted by molar-refractivity contribution is -0.144. The number of alkyl carbamates (subject to hydrolysis) is 1. The van der Waals surface area contributed by atoms with Crippen molar-refractivity contribution in [2.45, 2.75) is 105 Å². The summed E-state index contributed by atoms with van der Waals surface area (Å²) in [5, 5.41) is 15.6. The SMILES string of the molecule is CCCC(C)NC(=O)C(c1ccc(CC)cc1)N(CCO)C(=O)C(NC(=O)OC(C)(C)C)C(C)CC. The third kappa shape index (κ3) is 9.80. The van der Waals surface area contributed by atoms with Crippen molar-refractivity contribution < 1.29 is 24.2 Å². The van der Waals surface area contributed by atoms with Gasteiger partial charge in [-0.15, -0.1) is 0 Å². The van der Waals surface area contributed by atoms with Crippen LogP contribution in [0.3, 0.4) is 0 Å². The summed E-state index contributed by atoms with van der Waals surface area (Å²) in [5.41, 5.74) is 1.04. The van der Waals surface area contributed by atoms with Crippen molar-refractivity contribution >= 4 is 17.9 Å². The Morgan fingerprint density at radius 3 is 2.11 bits per heavy atom. The maximum Gasteiger partial charge on any atom is 0.408 e. The van der Waals surface area contributed by atoms with Crippen molar-refractivity contribution in [1.82, 2.24) is 15.5 Å². The number of aliphatic hydroxyl groups excluding tert-OH is 1. The first-order chi connectivity index (χ1) is 16.9. The van der Waals surface area contributed by atoms with Gasteiger partial charge in [-0.05, 0) is 57.6 Å². The zero-order valence-electron chi connectivity index (χ0n) is 23.4. The fraction of sp³-hybridized carbons (Fsp3) is 0.679. The minimum Gasteiger partial charge on any atom is -0.444 e. The number of aryl methyl sites for hydroxylation is 1. The van der Waals surface area contributed by atoms with Crippen molar-refractivity contribution in [3.63, 3.8) is 0 Å². The van der Waals surface area contributed by atoms with Gasteiger partial charge in [-0.1, -0.05) is 64.8 Å². The molecule has 1 rings (SSSR count). The molecule has 0 fully saturated rings. The van der Waals surface area contributed by atoms with Gasteiger partial charge >= 0.3 is 6.09 Å². The van der Waals surface area contributed by atoms with E-state index >= 15 is 0 Å². The molecule has 0 radical (unpaired) electrons. The number of ether oxygens (including phenoxy) is 1. The predicted octanol–water partition coefficient (Wildman–Crippen LogP) is 4.36. The number of carbonyl (C=O) groups excluding carboxylic acids is 3. The number of hydrogen-bond acceptors (Lipinski definition) is 5. The molecule has 0 saturated carbocycles. The molecule has 1 aromatic rings. The van der Waals surface area contributed by atoms with Gasteiger partial charge < -0.3 is 25.4 Å². The number of benzene rings is 1. The van der Waals surface area contributed by atoms with Crippen LogP contribution in [0.25, 0.3) is 0 Å². The molecule has 0 aliphatic carbocycles. The van der Waals surface area contributed by atoms with E-state index in [4.69, 9.17) is 4.74 Å². The standard InChI is InChI=1S/C28H47N3O5/c1-9-12-20(5)29-25(33)24(22-15-13-21(11-3)14-16-22)31(17-18-32)26(34)23(19(4)10-2)30-27(35)36-28(6,7)8/h13-16,19-20,23-24,32H,9-12,17-18H2,1-8H3,(H,29,33)(H,30,35). The van der Waals surface area contributed by atoms with Gasteiger partial charge in [-0.2, -0.15) is 0 Å². The molecule has 0 aromatic heterocycles. The second kappa shape index (κ2) is 14.8. The van der Waals surface area contributed by atoms with Crippen LogP contribution in [-0.2, 0) is 20.7 Å². The lowest BCUT2D eigenvalue weighted by atomic mass is 9.95. The van der Waals surface area contributed by atoms with E-state index in [2.05, 4.69) is 10.6 Å². The molecule has 0 saturated heterocycles. The van der Waals surface area contributed by atoms with Crippen molar-refractivity contribution in [2.75, 3.05) is 13.2 Å². The number of rotatable bonds is 13. The number of carbonyl (C=O) groups is 3. The van der Waals surface area contributed by atoms with Crippen molar-refractivity contribution in [2.24, 2.45) is 5.92 Å². The van der Waals surface area contributed by atoms with Crippen molar-refractivity contribution in [1.29, 1.82) is 0 Å². The maximum absolute atomic E-state index is 14.0. The van der Waals surface area contributed by atoms with Gasteiger partial charge in [0.1, 0.15) is 17.7 Å².